The number of aromatic nitrogens is 1. The first-order chi connectivity index (χ1) is 15.0. The molecule has 1 saturated heterocycles. The molecule has 32 heavy (non-hydrogen) atoms. The van der Waals surface area contributed by atoms with Crippen LogP contribution in [0.15, 0.2) is 36.5 Å². The molecular formula is C21H21ClF5N3O2. The zero-order chi connectivity index (χ0) is 23.5. The molecule has 174 valence electrons. The Balaban J connectivity index is 1.86. The molecule has 0 radical (unpaired) electrons. The quantitative estimate of drug-likeness (QED) is 0.449. The number of piperidine rings is 1. The van der Waals surface area contributed by atoms with Crippen molar-refractivity contribution in [1.29, 1.82) is 0 Å². The van der Waals surface area contributed by atoms with Gasteiger partial charge in [0.2, 0.25) is 0 Å². The van der Waals surface area contributed by atoms with Crippen LogP contribution in [0.1, 0.15) is 28.8 Å². The van der Waals surface area contributed by atoms with Crippen LogP contribution < -0.4 is 10.1 Å². The summed E-state index contributed by atoms with van der Waals surface area (Å²) < 4.78 is 72.7. The largest absolute Gasteiger partial charge is 0.493 e. The smallest absolute Gasteiger partial charge is 0.458 e. The van der Waals surface area contributed by atoms with Gasteiger partial charge in [-0.05, 0) is 63.2 Å². The maximum absolute atomic E-state index is 14.1. The fourth-order valence-corrected chi connectivity index (χ4v) is 3.53. The van der Waals surface area contributed by atoms with E-state index in [9.17, 15) is 26.7 Å². The topological polar surface area (TPSA) is 54.5 Å². The Labute approximate surface area is 186 Å². The average Bonchev–Trinajstić information content (AvgIpc) is 2.73. The molecule has 0 saturated carbocycles. The molecule has 0 atom stereocenters. The first-order valence-electron chi connectivity index (χ1n) is 9.81. The van der Waals surface area contributed by atoms with Crippen molar-refractivity contribution < 1.29 is 31.5 Å². The highest BCUT2D eigenvalue weighted by Gasteiger charge is 2.60. The third kappa shape index (κ3) is 5.47. The number of amides is 1. The van der Waals surface area contributed by atoms with Gasteiger partial charge in [0.1, 0.15) is 10.9 Å². The lowest BCUT2D eigenvalue weighted by Crippen LogP contribution is -2.35. The second kappa shape index (κ2) is 9.58. The van der Waals surface area contributed by atoms with E-state index in [-0.39, 0.29) is 28.9 Å². The molecular weight excluding hydrogens is 457 g/mol. The van der Waals surface area contributed by atoms with Gasteiger partial charge in [-0.2, -0.15) is 22.0 Å². The van der Waals surface area contributed by atoms with E-state index in [1.165, 1.54) is 18.3 Å². The lowest BCUT2D eigenvalue weighted by Gasteiger charge is -2.29. The minimum Gasteiger partial charge on any atom is -0.493 e. The number of alkyl halides is 5. The van der Waals surface area contributed by atoms with Gasteiger partial charge >= 0.3 is 12.1 Å². The normalized spacial score (nSPS) is 16.1. The summed E-state index contributed by atoms with van der Waals surface area (Å²) in [7, 11) is 1.94. The van der Waals surface area contributed by atoms with Gasteiger partial charge in [-0.3, -0.25) is 4.79 Å². The summed E-state index contributed by atoms with van der Waals surface area (Å²) in [6, 6.07) is 5.40. The molecule has 1 aliphatic rings. The van der Waals surface area contributed by atoms with Crippen molar-refractivity contribution in [2.75, 3.05) is 32.1 Å². The summed E-state index contributed by atoms with van der Waals surface area (Å²) in [5, 5.41) is 2.34. The van der Waals surface area contributed by atoms with Crippen molar-refractivity contribution in [2.24, 2.45) is 5.92 Å². The van der Waals surface area contributed by atoms with Crippen LogP contribution >= 0.6 is 11.6 Å². The van der Waals surface area contributed by atoms with Crippen LogP contribution in [0.4, 0.5) is 27.6 Å². The van der Waals surface area contributed by atoms with Gasteiger partial charge in [0.05, 0.1) is 17.7 Å². The first kappa shape index (κ1) is 24.2. The minimum atomic E-state index is -5.80. The monoisotopic (exact) mass is 477 g/mol. The number of hydrogen-bond donors (Lipinski definition) is 1. The van der Waals surface area contributed by atoms with Gasteiger partial charge in [0.25, 0.3) is 5.91 Å². The van der Waals surface area contributed by atoms with Crippen LogP contribution in [-0.2, 0) is 5.92 Å². The Morgan fingerprint density at radius 2 is 1.91 bits per heavy atom. The van der Waals surface area contributed by atoms with Gasteiger partial charge in [-0.15, -0.1) is 0 Å². The predicted octanol–water partition coefficient (Wildman–Crippen LogP) is 5.36. The summed E-state index contributed by atoms with van der Waals surface area (Å²) in [5.41, 5.74) is -1.31. The number of likely N-dealkylation sites (tertiary alicyclic amines) is 1. The number of nitrogens with zero attached hydrogens (tertiary/aromatic N) is 2. The summed E-state index contributed by atoms with van der Waals surface area (Å²) in [6.07, 6.45) is -2.95. The summed E-state index contributed by atoms with van der Waals surface area (Å²) in [5.74, 6) is -6.43. The maximum Gasteiger partial charge on any atom is 0.458 e. The third-order valence-electron chi connectivity index (χ3n) is 5.25. The molecule has 11 heteroatoms. The molecule has 2 aromatic rings. The van der Waals surface area contributed by atoms with E-state index < -0.39 is 29.3 Å². The van der Waals surface area contributed by atoms with Gasteiger partial charge in [-0.25, -0.2) is 4.98 Å². The molecule has 1 aromatic heterocycles. The van der Waals surface area contributed by atoms with Crippen molar-refractivity contribution >= 4 is 23.2 Å². The second-order valence-corrected chi connectivity index (χ2v) is 7.99. The van der Waals surface area contributed by atoms with Gasteiger partial charge in [0.15, 0.2) is 0 Å². The summed E-state index contributed by atoms with van der Waals surface area (Å²) >= 11 is 5.87. The molecule has 1 amide bonds. The fourth-order valence-electron chi connectivity index (χ4n) is 3.32. The number of nitrogens with one attached hydrogen (secondary N) is 1. The van der Waals surface area contributed by atoms with E-state index in [0.29, 0.717) is 6.07 Å². The van der Waals surface area contributed by atoms with E-state index in [2.05, 4.69) is 15.2 Å². The van der Waals surface area contributed by atoms with Crippen molar-refractivity contribution in [3.8, 4) is 5.75 Å². The molecule has 0 spiro atoms. The highest BCUT2D eigenvalue weighted by atomic mass is 35.5. The van der Waals surface area contributed by atoms with Crippen molar-refractivity contribution in [3.05, 3.63) is 52.8 Å². The number of rotatable bonds is 6. The number of carbonyl (C=O) groups excluding carboxylic acids is 1. The van der Waals surface area contributed by atoms with Crippen LogP contribution in [0.5, 0.6) is 5.75 Å². The molecule has 0 bridgehead atoms. The molecule has 3 rings (SSSR count). The number of pyridine rings is 1. The molecule has 0 aliphatic carbocycles. The fraction of sp³-hybridized carbons (Fsp3) is 0.429. The van der Waals surface area contributed by atoms with Crippen LogP contribution in [0.2, 0.25) is 5.15 Å². The molecule has 2 heterocycles. The first-order valence-corrected chi connectivity index (χ1v) is 10.2. The number of carbonyl (C=O) groups is 1. The highest BCUT2D eigenvalue weighted by molar-refractivity contribution is 6.33. The Morgan fingerprint density at radius 3 is 2.53 bits per heavy atom. The zero-order valence-electron chi connectivity index (χ0n) is 17.1. The average molecular weight is 478 g/mol. The molecule has 1 aromatic carbocycles. The van der Waals surface area contributed by atoms with Crippen LogP contribution in [0, 0.1) is 5.92 Å². The van der Waals surface area contributed by atoms with Gasteiger partial charge < -0.3 is 15.0 Å². The van der Waals surface area contributed by atoms with E-state index >= 15 is 0 Å². The van der Waals surface area contributed by atoms with Gasteiger partial charge in [0, 0.05) is 18.0 Å². The number of anilines is 1. The Kier molecular flexibility index (Phi) is 7.24. The Morgan fingerprint density at radius 1 is 1.22 bits per heavy atom. The number of halogens is 6. The second-order valence-electron chi connectivity index (χ2n) is 7.64. The predicted molar refractivity (Wildman–Crippen MR) is 109 cm³/mol. The summed E-state index contributed by atoms with van der Waals surface area (Å²) in [6.45, 7) is 1.55. The van der Waals surface area contributed by atoms with E-state index in [0.717, 1.165) is 38.1 Å². The van der Waals surface area contributed by atoms with Crippen molar-refractivity contribution in [1.82, 2.24) is 9.88 Å². The SMILES string of the molecule is CN1CCC(COc2cc(NC(=O)c3cccnc3Cl)ccc2C(F)(F)C(F)(F)F)CC1. The minimum absolute atomic E-state index is 0.0133. The zero-order valence-corrected chi connectivity index (χ0v) is 17.8. The molecule has 1 fully saturated rings. The Bertz CT molecular complexity index is 963. The Hall–Kier alpha value is -2.46. The molecule has 1 aliphatic heterocycles. The lowest BCUT2D eigenvalue weighted by atomic mass is 9.98. The molecule has 1 N–H and O–H groups in total. The third-order valence-corrected chi connectivity index (χ3v) is 5.55. The maximum atomic E-state index is 14.1. The van der Waals surface area contributed by atoms with Gasteiger partial charge in [-0.1, -0.05) is 11.6 Å². The van der Waals surface area contributed by atoms with E-state index in [4.69, 9.17) is 16.3 Å². The summed E-state index contributed by atoms with van der Waals surface area (Å²) in [4.78, 5) is 18.3. The number of ether oxygens (including phenoxy) is 1. The van der Waals surface area contributed by atoms with Crippen LogP contribution in [-0.4, -0.2) is 48.7 Å². The molecule has 5 nitrogen and oxygen atoms in total. The highest BCUT2D eigenvalue weighted by Crippen LogP contribution is 2.47. The lowest BCUT2D eigenvalue weighted by molar-refractivity contribution is -0.289. The van der Waals surface area contributed by atoms with E-state index in [1.807, 2.05) is 7.05 Å². The van der Waals surface area contributed by atoms with Crippen LogP contribution in [0.25, 0.3) is 0 Å². The number of hydrogen-bond acceptors (Lipinski definition) is 4. The number of benzene rings is 1. The van der Waals surface area contributed by atoms with Crippen molar-refractivity contribution in [2.45, 2.75) is 24.9 Å². The molecule has 0 unspecified atom stereocenters. The van der Waals surface area contributed by atoms with Crippen molar-refractivity contribution in [3.63, 3.8) is 0 Å². The van der Waals surface area contributed by atoms with E-state index in [1.54, 1.807) is 0 Å². The van der Waals surface area contributed by atoms with Crippen LogP contribution in [0.3, 0.4) is 0 Å². The standard InChI is InChI=1S/C21H21ClF5N3O2/c1-30-9-6-13(7-10-30)12-32-17-11-14(4-5-16(17)20(23,24)21(25,26)27)29-19(31)15-3-2-8-28-18(15)22/h2-5,8,11,13H,6-7,9-10,12H2,1H3,(H,29,31).